The summed E-state index contributed by atoms with van der Waals surface area (Å²) in [4.78, 5) is 4.05. The average molecular weight is 84.1 g/mol. The molecule has 1 nitrogen and oxygen atoms in total. The van der Waals surface area contributed by atoms with Crippen LogP contribution >= 0.6 is 0 Å². The van der Waals surface area contributed by atoms with Gasteiger partial charge in [0.05, 0.1) is 0 Å². The first-order chi connectivity index (χ1) is 3.00. The Morgan fingerprint density at radius 1 is 1.33 bits per heavy atom. The SMILES string of the molecule is C1=N[13CH2]CCC1. The Morgan fingerprint density at radius 3 is 2.50 bits per heavy atom. The van der Waals surface area contributed by atoms with Crippen molar-refractivity contribution >= 4 is 6.21 Å². The second kappa shape index (κ2) is 1.96. The minimum Gasteiger partial charge on any atom is -0.298 e. The number of aliphatic imine (C=N–C) groups is 1. The van der Waals surface area contributed by atoms with Crippen LogP contribution in [0.4, 0.5) is 0 Å². The van der Waals surface area contributed by atoms with Gasteiger partial charge in [0.25, 0.3) is 0 Å². The van der Waals surface area contributed by atoms with Gasteiger partial charge < -0.3 is 0 Å². The zero-order valence-electron chi connectivity index (χ0n) is 3.85. The molecular weight excluding hydrogens is 75.1 g/mol. The van der Waals surface area contributed by atoms with Gasteiger partial charge in [-0.15, -0.1) is 0 Å². The van der Waals surface area contributed by atoms with E-state index in [1.165, 1.54) is 19.3 Å². The third kappa shape index (κ3) is 0.814. The summed E-state index contributed by atoms with van der Waals surface area (Å²) >= 11 is 0. The quantitative estimate of drug-likeness (QED) is 0.391. The molecule has 0 fully saturated rings. The summed E-state index contributed by atoms with van der Waals surface area (Å²) in [5.74, 6) is 0. The molecule has 0 aromatic heterocycles. The van der Waals surface area contributed by atoms with E-state index in [1.807, 2.05) is 6.21 Å². The van der Waals surface area contributed by atoms with Crippen LogP contribution in [0, 0.1) is 0 Å². The fraction of sp³-hybridized carbons (Fsp3) is 0.800. The van der Waals surface area contributed by atoms with Crippen LogP contribution in [0.5, 0.6) is 0 Å². The highest BCUT2D eigenvalue weighted by molar-refractivity contribution is 5.57. The average Bonchev–Trinajstić information content (AvgIpc) is 1.72. The standard InChI is InChI=1S/C5H9N/c1-2-4-6-5-3-1/h4H,1-3,5H2/i5+1. The molecule has 1 aliphatic heterocycles. The van der Waals surface area contributed by atoms with Crippen LogP contribution in [0.3, 0.4) is 0 Å². The lowest BCUT2D eigenvalue weighted by atomic mass is 10.3. The Morgan fingerprint density at radius 2 is 2.33 bits per heavy atom. The van der Waals surface area contributed by atoms with Gasteiger partial charge in [-0.3, -0.25) is 4.99 Å². The van der Waals surface area contributed by atoms with Crippen molar-refractivity contribution in [2.45, 2.75) is 19.3 Å². The van der Waals surface area contributed by atoms with Crippen molar-refractivity contribution in [2.24, 2.45) is 4.99 Å². The van der Waals surface area contributed by atoms with Crippen molar-refractivity contribution in [3.05, 3.63) is 0 Å². The highest BCUT2D eigenvalue weighted by Gasteiger charge is 1.88. The maximum atomic E-state index is 4.05. The Labute approximate surface area is 38.1 Å². The van der Waals surface area contributed by atoms with Crippen molar-refractivity contribution in [3.63, 3.8) is 0 Å². The largest absolute Gasteiger partial charge is 0.298 e. The lowest BCUT2D eigenvalue weighted by Crippen LogP contribution is -1.89. The van der Waals surface area contributed by atoms with Gasteiger partial charge in [-0.2, -0.15) is 0 Å². The molecule has 0 radical (unpaired) electrons. The summed E-state index contributed by atoms with van der Waals surface area (Å²) in [6, 6.07) is 0. The second-order valence-electron chi connectivity index (χ2n) is 1.58. The predicted molar refractivity (Wildman–Crippen MR) is 27.2 cm³/mol. The van der Waals surface area contributed by atoms with E-state index in [2.05, 4.69) is 4.99 Å². The van der Waals surface area contributed by atoms with Crippen molar-refractivity contribution < 1.29 is 0 Å². The van der Waals surface area contributed by atoms with Gasteiger partial charge in [-0.1, -0.05) is 0 Å². The number of hydrogen-bond acceptors (Lipinski definition) is 1. The molecule has 0 bridgehead atoms. The van der Waals surface area contributed by atoms with Crippen LogP contribution in [-0.2, 0) is 0 Å². The summed E-state index contributed by atoms with van der Waals surface area (Å²) in [5.41, 5.74) is 0. The topological polar surface area (TPSA) is 12.4 Å². The van der Waals surface area contributed by atoms with Gasteiger partial charge >= 0.3 is 0 Å². The summed E-state index contributed by atoms with van der Waals surface area (Å²) in [7, 11) is 0. The van der Waals surface area contributed by atoms with Gasteiger partial charge in [0, 0.05) is 6.54 Å². The molecule has 0 N–H and O–H groups in total. The number of hydrogen-bond donors (Lipinski definition) is 0. The summed E-state index contributed by atoms with van der Waals surface area (Å²) in [6.45, 7) is 1.07. The molecule has 0 saturated heterocycles. The first-order valence-corrected chi connectivity index (χ1v) is 2.48. The first kappa shape index (κ1) is 3.85. The van der Waals surface area contributed by atoms with Crippen LogP contribution in [0.1, 0.15) is 19.3 Å². The van der Waals surface area contributed by atoms with Gasteiger partial charge in [-0.25, -0.2) is 0 Å². The molecule has 34 valence electrons. The third-order valence-corrected chi connectivity index (χ3v) is 1.000. The number of rotatable bonds is 0. The van der Waals surface area contributed by atoms with E-state index < -0.39 is 0 Å². The van der Waals surface area contributed by atoms with Gasteiger partial charge in [0.2, 0.25) is 0 Å². The Bertz CT molecular complexity index is 49.0. The first-order valence-electron chi connectivity index (χ1n) is 2.48. The molecule has 0 saturated carbocycles. The fourth-order valence-corrected chi connectivity index (χ4v) is 0.621. The molecule has 1 aliphatic rings. The van der Waals surface area contributed by atoms with E-state index in [4.69, 9.17) is 0 Å². The molecule has 1 heterocycles. The summed E-state index contributed by atoms with van der Waals surface area (Å²) in [5, 5.41) is 0. The Hall–Kier alpha value is -0.330. The van der Waals surface area contributed by atoms with E-state index in [1.54, 1.807) is 0 Å². The highest BCUT2D eigenvalue weighted by Crippen LogP contribution is 1.97. The molecule has 1 heteroatoms. The third-order valence-electron chi connectivity index (χ3n) is 1.000. The van der Waals surface area contributed by atoms with Crippen molar-refractivity contribution in [1.82, 2.24) is 0 Å². The van der Waals surface area contributed by atoms with Crippen LogP contribution in [-0.4, -0.2) is 12.8 Å². The van der Waals surface area contributed by atoms with Crippen LogP contribution < -0.4 is 0 Å². The normalized spacial score (nSPS) is 21.3. The minimum atomic E-state index is 1.07. The smallest absolute Gasteiger partial charge is 0.0385 e. The fourth-order valence-electron chi connectivity index (χ4n) is 0.621. The van der Waals surface area contributed by atoms with Gasteiger partial charge in [0.1, 0.15) is 0 Å². The van der Waals surface area contributed by atoms with Gasteiger partial charge in [0.15, 0.2) is 0 Å². The van der Waals surface area contributed by atoms with Crippen LogP contribution in [0.2, 0.25) is 0 Å². The van der Waals surface area contributed by atoms with Crippen LogP contribution in [0.15, 0.2) is 4.99 Å². The molecule has 0 atom stereocenters. The van der Waals surface area contributed by atoms with Crippen molar-refractivity contribution in [2.75, 3.05) is 6.54 Å². The summed E-state index contributed by atoms with van der Waals surface area (Å²) in [6.07, 6.45) is 5.88. The van der Waals surface area contributed by atoms with Gasteiger partial charge in [-0.05, 0) is 25.5 Å². The molecule has 6 heavy (non-hydrogen) atoms. The maximum Gasteiger partial charge on any atom is 0.0385 e. The molecule has 0 aromatic rings. The van der Waals surface area contributed by atoms with Crippen molar-refractivity contribution in [3.8, 4) is 0 Å². The predicted octanol–water partition coefficient (Wildman–Crippen LogP) is 1.24. The highest BCUT2D eigenvalue weighted by atomic mass is 14.9. The van der Waals surface area contributed by atoms with Crippen molar-refractivity contribution in [1.29, 1.82) is 0 Å². The Balaban J connectivity index is 2.26. The van der Waals surface area contributed by atoms with E-state index in [0.29, 0.717) is 0 Å². The lowest BCUT2D eigenvalue weighted by molar-refractivity contribution is 0.749. The molecule has 0 aliphatic carbocycles. The second-order valence-corrected chi connectivity index (χ2v) is 1.58. The molecule has 0 aromatic carbocycles. The van der Waals surface area contributed by atoms with Crippen LogP contribution in [0.25, 0.3) is 0 Å². The molecule has 0 spiro atoms. The lowest BCUT2D eigenvalue weighted by Gasteiger charge is -1.97. The summed E-state index contributed by atoms with van der Waals surface area (Å²) < 4.78 is 0. The molecular formula is C5H9N. The van der Waals surface area contributed by atoms with E-state index >= 15 is 0 Å². The zero-order chi connectivity index (χ0) is 4.24. The monoisotopic (exact) mass is 84.1 g/mol. The minimum absolute atomic E-state index is 1.07. The Kier molecular flexibility index (Phi) is 1.25. The molecule has 0 amide bonds. The van der Waals surface area contributed by atoms with E-state index in [-0.39, 0.29) is 0 Å². The van der Waals surface area contributed by atoms with E-state index in [9.17, 15) is 0 Å². The van der Waals surface area contributed by atoms with E-state index in [0.717, 1.165) is 6.54 Å². The zero-order valence-corrected chi connectivity index (χ0v) is 3.85. The number of nitrogens with zero attached hydrogens (tertiary/aromatic N) is 1. The molecule has 0 unspecified atom stereocenters. The maximum absolute atomic E-state index is 4.05. The molecule has 1 rings (SSSR count).